The van der Waals surface area contributed by atoms with E-state index in [4.69, 9.17) is 21.1 Å². The van der Waals surface area contributed by atoms with Crippen molar-refractivity contribution in [3.05, 3.63) is 69.1 Å². The normalized spacial score (nSPS) is 10.5. The third kappa shape index (κ3) is 6.24. The summed E-state index contributed by atoms with van der Waals surface area (Å²) in [7, 11) is 1.57. The van der Waals surface area contributed by atoms with Crippen LogP contribution in [-0.4, -0.2) is 35.7 Å². The molecular weight excluding hydrogens is 428 g/mol. The minimum Gasteiger partial charge on any atom is -0.497 e. The SMILES string of the molecule is COc1ccc(NC(=O)c2nnc(COCC(=O)NCc3ccccc3Cl)s2)cc1. The monoisotopic (exact) mass is 446 g/mol. The minimum atomic E-state index is -0.374. The Hall–Kier alpha value is -3.01. The van der Waals surface area contributed by atoms with Gasteiger partial charge < -0.3 is 20.1 Å². The van der Waals surface area contributed by atoms with Crippen LogP contribution in [0.2, 0.25) is 5.02 Å². The first kappa shape index (κ1) is 21.7. The van der Waals surface area contributed by atoms with E-state index in [0.29, 0.717) is 28.0 Å². The predicted octanol–water partition coefficient (Wildman–Crippen LogP) is 3.29. The molecule has 0 atom stereocenters. The molecule has 10 heteroatoms. The summed E-state index contributed by atoms with van der Waals surface area (Å²) >= 11 is 7.15. The first-order chi connectivity index (χ1) is 14.5. The Morgan fingerprint density at radius 3 is 2.60 bits per heavy atom. The van der Waals surface area contributed by atoms with Crippen molar-refractivity contribution in [2.45, 2.75) is 13.2 Å². The van der Waals surface area contributed by atoms with Crippen LogP contribution in [0, 0.1) is 0 Å². The molecule has 0 unspecified atom stereocenters. The molecule has 0 aliphatic heterocycles. The topological polar surface area (TPSA) is 102 Å². The number of ether oxygens (including phenoxy) is 2. The van der Waals surface area contributed by atoms with Crippen molar-refractivity contribution in [2.75, 3.05) is 19.0 Å². The Labute approximate surface area is 182 Å². The van der Waals surface area contributed by atoms with Gasteiger partial charge in [0.15, 0.2) is 0 Å². The summed E-state index contributed by atoms with van der Waals surface area (Å²) < 4.78 is 10.4. The number of hydrogen-bond acceptors (Lipinski definition) is 7. The van der Waals surface area contributed by atoms with Gasteiger partial charge in [0.25, 0.3) is 5.91 Å². The number of methoxy groups -OCH3 is 1. The molecule has 0 aliphatic carbocycles. The fraction of sp³-hybridized carbons (Fsp3) is 0.200. The van der Waals surface area contributed by atoms with Crippen molar-refractivity contribution in [2.24, 2.45) is 0 Å². The van der Waals surface area contributed by atoms with Crippen molar-refractivity contribution < 1.29 is 19.1 Å². The van der Waals surface area contributed by atoms with Gasteiger partial charge in [-0.15, -0.1) is 10.2 Å². The second-order valence-electron chi connectivity index (χ2n) is 6.04. The van der Waals surface area contributed by atoms with Gasteiger partial charge in [0, 0.05) is 17.3 Å². The zero-order chi connectivity index (χ0) is 21.3. The highest BCUT2D eigenvalue weighted by Gasteiger charge is 2.14. The highest BCUT2D eigenvalue weighted by atomic mass is 35.5. The van der Waals surface area contributed by atoms with E-state index in [1.807, 2.05) is 18.2 Å². The molecular formula is C20H19ClN4O4S. The number of nitrogens with zero attached hydrogens (tertiary/aromatic N) is 2. The fourth-order valence-corrected chi connectivity index (χ4v) is 3.26. The van der Waals surface area contributed by atoms with Gasteiger partial charge in [0.1, 0.15) is 24.0 Å². The molecule has 30 heavy (non-hydrogen) atoms. The molecule has 0 radical (unpaired) electrons. The van der Waals surface area contributed by atoms with Crippen LogP contribution in [-0.2, 0) is 22.7 Å². The zero-order valence-corrected chi connectivity index (χ0v) is 17.6. The van der Waals surface area contributed by atoms with E-state index in [0.717, 1.165) is 16.9 Å². The first-order valence-electron chi connectivity index (χ1n) is 8.91. The van der Waals surface area contributed by atoms with Gasteiger partial charge in [0.05, 0.1) is 7.11 Å². The smallest absolute Gasteiger partial charge is 0.286 e. The lowest BCUT2D eigenvalue weighted by Crippen LogP contribution is -2.27. The van der Waals surface area contributed by atoms with Crippen molar-refractivity contribution in [1.29, 1.82) is 0 Å². The molecule has 2 N–H and O–H groups in total. The lowest BCUT2D eigenvalue weighted by atomic mass is 10.2. The van der Waals surface area contributed by atoms with Crippen LogP contribution in [0.1, 0.15) is 20.4 Å². The standard InChI is InChI=1S/C20H19ClN4O4S/c1-28-15-8-6-14(7-9-15)23-19(27)20-25-24-18(30-20)12-29-11-17(26)22-10-13-4-2-3-5-16(13)21/h2-9H,10-12H2,1H3,(H,22,26)(H,23,27). The number of nitrogens with one attached hydrogen (secondary N) is 2. The number of anilines is 1. The summed E-state index contributed by atoms with van der Waals surface area (Å²) in [5, 5.41) is 14.5. The summed E-state index contributed by atoms with van der Waals surface area (Å²) in [6.45, 7) is 0.251. The molecule has 2 aromatic carbocycles. The highest BCUT2D eigenvalue weighted by molar-refractivity contribution is 7.13. The molecule has 0 saturated carbocycles. The van der Waals surface area contributed by atoms with E-state index in [1.54, 1.807) is 37.4 Å². The number of aromatic nitrogens is 2. The fourth-order valence-electron chi connectivity index (χ4n) is 2.38. The molecule has 0 fully saturated rings. The lowest BCUT2D eigenvalue weighted by molar-refractivity contribution is -0.126. The van der Waals surface area contributed by atoms with Gasteiger partial charge in [-0.25, -0.2) is 0 Å². The lowest BCUT2D eigenvalue weighted by Gasteiger charge is -2.07. The Balaban J connectivity index is 1.42. The number of benzene rings is 2. The van der Waals surface area contributed by atoms with Gasteiger partial charge in [-0.05, 0) is 35.9 Å². The molecule has 2 amide bonds. The molecule has 3 rings (SSSR count). The number of rotatable bonds is 9. The van der Waals surface area contributed by atoms with E-state index < -0.39 is 0 Å². The molecule has 1 heterocycles. The van der Waals surface area contributed by atoms with Gasteiger partial charge >= 0.3 is 0 Å². The summed E-state index contributed by atoms with van der Waals surface area (Å²) in [6.07, 6.45) is 0. The molecule has 1 aromatic heterocycles. The Bertz CT molecular complexity index is 1010. The van der Waals surface area contributed by atoms with Crippen molar-refractivity contribution in [3.63, 3.8) is 0 Å². The first-order valence-corrected chi connectivity index (χ1v) is 10.1. The third-order valence-corrected chi connectivity index (χ3v) is 5.17. The van der Waals surface area contributed by atoms with E-state index in [9.17, 15) is 9.59 Å². The molecule has 3 aromatic rings. The molecule has 8 nitrogen and oxygen atoms in total. The van der Waals surface area contributed by atoms with Crippen LogP contribution in [0.15, 0.2) is 48.5 Å². The molecule has 156 valence electrons. The highest BCUT2D eigenvalue weighted by Crippen LogP contribution is 2.17. The number of carbonyl (C=O) groups excluding carboxylic acids is 2. The van der Waals surface area contributed by atoms with Crippen LogP contribution < -0.4 is 15.4 Å². The Kier molecular flexibility index (Phi) is 7.72. The van der Waals surface area contributed by atoms with Gasteiger partial charge in [0.2, 0.25) is 10.9 Å². The summed E-state index contributed by atoms with van der Waals surface area (Å²) in [4.78, 5) is 24.2. The predicted molar refractivity (Wildman–Crippen MR) is 114 cm³/mol. The third-order valence-electron chi connectivity index (χ3n) is 3.90. The van der Waals surface area contributed by atoms with E-state index in [1.165, 1.54) is 0 Å². The van der Waals surface area contributed by atoms with E-state index in [2.05, 4.69) is 20.8 Å². The molecule has 0 bridgehead atoms. The van der Waals surface area contributed by atoms with Crippen LogP contribution >= 0.6 is 22.9 Å². The summed E-state index contributed by atoms with van der Waals surface area (Å²) in [5.41, 5.74) is 1.44. The average molecular weight is 447 g/mol. The maximum absolute atomic E-state index is 12.3. The van der Waals surface area contributed by atoms with E-state index in [-0.39, 0.29) is 30.0 Å². The largest absolute Gasteiger partial charge is 0.497 e. The van der Waals surface area contributed by atoms with Crippen LogP contribution in [0.4, 0.5) is 5.69 Å². The number of carbonyl (C=O) groups is 2. The van der Waals surface area contributed by atoms with Gasteiger partial charge in [-0.1, -0.05) is 41.1 Å². The van der Waals surface area contributed by atoms with Crippen molar-refractivity contribution >= 4 is 40.4 Å². The van der Waals surface area contributed by atoms with Gasteiger partial charge in [-0.2, -0.15) is 0 Å². The van der Waals surface area contributed by atoms with Crippen LogP contribution in [0.3, 0.4) is 0 Å². The maximum Gasteiger partial charge on any atom is 0.286 e. The summed E-state index contributed by atoms with van der Waals surface area (Å²) in [5.74, 6) is 0.0394. The second kappa shape index (κ2) is 10.7. The average Bonchev–Trinajstić information content (AvgIpc) is 3.23. The van der Waals surface area contributed by atoms with Crippen LogP contribution in [0.25, 0.3) is 0 Å². The summed E-state index contributed by atoms with van der Waals surface area (Å²) in [6, 6.07) is 14.2. The van der Waals surface area contributed by atoms with E-state index >= 15 is 0 Å². The van der Waals surface area contributed by atoms with Gasteiger partial charge in [-0.3, -0.25) is 9.59 Å². The molecule has 0 aliphatic rings. The second-order valence-corrected chi connectivity index (χ2v) is 7.51. The van der Waals surface area contributed by atoms with Crippen molar-refractivity contribution in [1.82, 2.24) is 15.5 Å². The number of amides is 2. The molecule has 0 saturated heterocycles. The molecule has 0 spiro atoms. The van der Waals surface area contributed by atoms with Crippen LogP contribution in [0.5, 0.6) is 5.75 Å². The van der Waals surface area contributed by atoms with Crippen molar-refractivity contribution in [3.8, 4) is 5.75 Å². The number of halogens is 1. The number of hydrogen-bond donors (Lipinski definition) is 2. The maximum atomic E-state index is 12.3. The Morgan fingerprint density at radius 2 is 1.87 bits per heavy atom. The zero-order valence-electron chi connectivity index (χ0n) is 16.1. The minimum absolute atomic E-state index is 0.0764. The Morgan fingerprint density at radius 1 is 1.10 bits per heavy atom. The quantitative estimate of drug-likeness (QED) is 0.523.